The molecule has 3 rings (SSSR count). The van der Waals surface area contributed by atoms with Gasteiger partial charge in [-0.2, -0.15) is 0 Å². The summed E-state index contributed by atoms with van der Waals surface area (Å²) in [4.78, 5) is 26.6. The molecule has 1 aliphatic heterocycles. The molecule has 1 heterocycles. The topological polar surface area (TPSA) is 66.7 Å². The molecule has 0 bridgehead atoms. The fraction of sp³-hybridized carbons (Fsp3) is 0.278. The predicted molar refractivity (Wildman–Crippen MR) is 97.2 cm³/mol. The summed E-state index contributed by atoms with van der Waals surface area (Å²) in [6.45, 7) is 3.18. The highest BCUT2D eigenvalue weighted by molar-refractivity contribution is 6.33. The number of halogens is 3. The molecule has 0 unspecified atom stereocenters. The van der Waals surface area contributed by atoms with Crippen molar-refractivity contribution in [3.8, 4) is 0 Å². The number of hydrogen-bond acceptors (Lipinski definition) is 4. The molecule has 1 aliphatic rings. The van der Waals surface area contributed by atoms with Crippen LogP contribution in [-0.2, 0) is 0 Å². The second kappa shape index (κ2) is 7.48. The summed E-state index contributed by atoms with van der Waals surface area (Å²) in [5.41, 5.74) is 0.741. The third kappa shape index (κ3) is 3.85. The monoisotopic (exact) mass is 395 g/mol. The fourth-order valence-electron chi connectivity index (χ4n) is 3.12. The average molecular weight is 396 g/mol. The highest BCUT2D eigenvalue weighted by Crippen LogP contribution is 2.26. The van der Waals surface area contributed by atoms with Crippen molar-refractivity contribution in [2.75, 3.05) is 24.5 Å². The van der Waals surface area contributed by atoms with Gasteiger partial charge in [0.05, 0.1) is 15.5 Å². The van der Waals surface area contributed by atoms with Crippen LogP contribution in [0.15, 0.2) is 36.4 Å². The molecule has 27 heavy (non-hydrogen) atoms. The number of nitro benzene ring substituents is 1. The maximum absolute atomic E-state index is 13.5. The second-order valence-corrected chi connectivity index (χ2v) is 6.72. The second-order valence-electron chi connectivity index (χ2n) is 6.31. The van der Waals surface area contributed by atoms with E-state index in [0.717, 1.165) is 17.8 Å². The third-order valence-electron chi connectivity index (χ3n) is 4.55. The van der Waals surface area contributed by atoms with Crippen LogP contribution >= 0.6 is 11.6 Å². The molecule has 1 fully saturated rings. The number of anilines is 1. The Labute approximate surface area is 159 Å². The third-order valence-corrected chi connectivity index (χ3v) is 4.87. The van der Waals surface area contributed by atoms with Gasteiger partial charge in [-0.15, -0.1) is 0 Å². The zero-order valence-corrected chi connectivity index (χ0v) is 15.1. The lowest BCUT2D eigenvalue weighted by Gasteiger charge is -2.41. The molecule has 1 saturated heterocycles. The van der Waals surface area contributed by atoms with Gasteiger partial charge >= 0.3 is 0 Å². The van der Waals surface area contributed by atoms with Crippen LogP contribution in [0.2, 0.25) is 5.02 Å². The van der Waals surface area contributed by atoms with Gasteiger partial charge in [-0.1, -0.05) is 11.6 Å². The summed E-state index contributed by atoms with van der Waals surface area (Å²) in [5, 5.41) is 10.6. The summed E-state index contributed by atoms with van der Waals surface area (Å²) < 4.78 is 26.7. The van der Waals surface area contributed by atoms with Crippen LogP contribution in [0.3, 0.4) is 0 Å². The first-order valence-electron chi connectivity index (χ1n) is 8.23. The first-order chi connectivity index (χ1) is 12.8. The van der Waals surface area contributed by atoms with E-state index in [1.807, 2.05) is 11.8 Å². The van der Waals surface area contributed by atoms with Gasteiger partial charge in [0.15, 0.2) is 11.6 Å². The Morgan fingerprint density at radius 3 is 2.41 bits per heavy atom. The highest BCUT2D eigenvalue weighted by atomic mass is 35.5. The van der Waals surface area contributed by atoms with Crippen molar-refractivity contribution < 1.29 is 18.5 Å². The number of piperazine rings is 1. The van der Waals surface area contributed by atoms with Crippen LogP contribution in [0.25, 0.3) is 0 Å². The first-order valence-corrected chi connectivity index (χ1v) is 8.60. The number of carbonyl (C=O) groups excluding carboxylic acids is 1. The van der Waals surface area contributed by atoms with Crippen molar-refractivity contribution in [2.45, 2.75) is 13.0 Å². The summed E-state index contributed by atoms with van der Waals surface area (Å²) in [6, 6.07) is 7.57. The molecule has 6 nitrogen and oxygen atoms in total. The summed E-state index contributed by atoms with van der Waals surface area (Å²) in [7, 11) is 0. The number of non-ortho nitro benzene ring substituents is 1. The van der Waals surface area contributed by atoms with Crippen molar-refractivity contribution in [1.82, 2.24) is 4.90 Å². The Hall–Kier alpha value is -2.74. The zero-order valence-electron chi connectivity index (χ0n) is 14.4. The first kappa shape index (κ1) is 19.0. The molecule has 0 aliphatic carbocycles. The largest absolute Gasteiger partial charge is 0.368 e. The van der Waals surface area contributed by atoms with Gasteiger partial charge in [-0.05, 0) is 31.2 Å². The molecule has 0 radical (unpaired) electrons. The van der Waals surface area contributed by atoms with Crippen LogP contribution in [0.5, 0.6) is 0 Å². The smallest absolute Gasteiger partial charge is 0.269 e. The van der Waals surface area contributed by atoms with Gasteiger partial charge in [0.25, 0.3) is 11.6 Å². The molecular formula is C18H16ClF2N3O3. The number of amides is 1. The van der Waals surface area contributed by atoms with E-state index in [4.69, 9.17) is 11.6 Å². The molecule has 0 N–H and O–H groups in total. The summed E-state index contributed by atoms with van der Waals surface area (Å²) >= 11 is 5.91. The van der Waals surface area contributed by atoms with Crippen molar-refractivity contribution >= 4 is 28.9 Å². The van der Waals surface area contributed by atoms with E-state index in [-0.39, 0.29) is 22.3 Å². The van der Waals surface area contributed by atoms with E-state index in [0.29, 0.717) is 19.6 Å². The quantitative estimate of drug-likeness (QED) is 0.449. The minimum Gasteiger partial charge on any atom is -0.368 e. The molecule has 0 saturated carbocycles. The van der Waals surface area contributed by atoms with Gasteiger partial charge in [0.2, 0.25) is 0 Å². The van der Waals surface area contributed by atoms with E-state index in [2.05, 4.69) is 0 Å². The number of benzene rings is 2. The van der Waals surface area contributed by atoms with Crippen LogP contribution in [-0.4, -0.2) is 41.4 Å². The molecule has 0 spiro atoms. The van der Waals surface area contributed by atoms with Crippen molar-refractivity contribution in [1.29, 1.82) is 0 Å². The summed E-state index contributed by atoms with van der Waals surface area (Å²) in [5.74, 6) is -2.69. The van der Waals surface area contributed by atoms with Crippen molar-refractivity contribution in [2.24, 2.45) is 0 Å². The lowest BCUT2D eigenvalue weighted by Crippen LogP contribution is -2.54. The molecule has 0 aromatic heterocycles. The van der Waals surface area contributed by atoms with Gasteiger partial charge in [-0.25, -0.2) is 8.78 Å². The SMILES string of the molecule is C[C@H]1CN(c2ccc([N+](=O)[O-])cc2)CCN1C(=O)c1cc(F)c(F)cc1Cl. The minimum atomic E-state index is -1.13. The number of rotatable bonds is 3. The fourth-order valence-corrected chi connectivity index (χ4v) is 3.35. The number of nitrogens with zero attached hydrogens (tertiary/aromatic N) is 3. The molecule has 2 aromatic carbocycles. The lowest BCUT2D eigenvalue weighted by atomic mass is 10.1. The van der Waals surface area contributed by atoms with Crippen LogP contribution in [0.1, 0.15) is 17.3 Å². The van der Waals surface area contributed by atoms with E-state index < -0.39 is 22.5 Å². The van der Waals surface area contributed by atoms with E-state index >= 15 is 0 Å². The Balaban J connectivity index is 1.74. The lowest BCUT2D eigenvalue weighted by molar-refractivity contribution is -0.384. The normalized spacial score (nSPS) is 17.1. The van der Waals surface area contributed by atoms with E-state index in [1.54, 1.807) is 17.0 Å². The Morgan fingerprint density at radius 2 is 1.81 bits per heavy atom. The predicted octanol–water partition coefficient (Wildman–Crippen LogP) is 3.88. The van der Waals surface area contributed by atoms with Gasteiger partial charge in [-0.3, -0.25) is 14.9 Å². The van der Waals surface area contributed by atoms with E-state index in [9.17, 15) is 23.7 Å². The van der Waals surface area contributed by atoms with Crippen molar-refractivity contribution in [3.05, 3.63) is 68.7 Å². The maximum atomic E-state index is 13.5. The molecule has 9 heteroatoms. The van der Waals surface area contributed by atoms with Gasteiger partial charge in [0, 0.05) is 43.5 Å². The molecule has 1 atom stereocenters. The zero-order chi connectivity index (χ0) is 19.7. The number of carbonyl (C=O) groups is 1. The number of hydrogen-bond donors (Lipinski definition) is 0. The Morgan fingerprint density at radius 1 is 1.19 bits per heavy atom. The Bertz CT molecular complexity index is 892. The standard InChI is InChI=1S/C18H16ClF2N3O3/c1-11-10-22(12-2-4-13(5-3-12)24(26)27)6-7-23(11)18(25)14-8-16(20)17(21)9-15(14)19/h2-5,8-9,11H,6-7,10H2,1H3/t11-/m0/s1. The van der Waals surface area contributed by atoms with E-state index in [1.165, 1.54) is 12.1 Å². The minimum absolute atomic E-state index is 0.00795. The van der Waals surface area contributed by atoms with Gasteiger partial charge in [0.1, 0.15) is 0 Å². The molecular weight excluding hydrogens is 380 g/mol. The maximum Gasteiger partial charge on any atom is 0.269 e. The number of nitro groups is 1. The average Bonchev–Trinajstić information content (AvgIpc) is 2.64. The molecule has 142 valence electrons. The van der Waals surface area contributed by atoms with Crippen LogP contribution in [0.4, 0.5) is 20.2 Å². The van der Waals surface area contributed by atoms with Crippen LogP contribution < -0.4 is 4.90 Å². The molecule has 1 amide bonds. The summed E-state index contributed by atoms with van der Waals surface area (Å²) in [6.07, 6.45) is 0. The molecule has 2 aromatic rings. The Kier molecular flexibility index (Phi) is 5.27. The van der Waals surface area contributed by atoms with Crippen LogP contribution in [0, 0.1) is 21.7 Å². The van der Waals surface area contributed by atoms with Gasteiger partial charge < -0.3 is 9.80 Å². The van der Waals surface area contributed by atoms with Crippen molar-refractivity contribution in [3.63, 3.8) is 0 Å². The highest BCUT2D eigenvalue weighted by Gasteiger charge is 2.30.